The zero-order valence-corrected chi connectivity index (χ0v) is 0.908. The van der Waals surface area contributed by atoms with E-state index < -0.39 is 0 Å². The molecule has 0 aromatic rings. The molecule has 0 aromatic carbocycles. The second kappa shape index (κ2) is 18.1. The summed E-state index contributed by atoms with van der Waals surface area (Å²) in [4.78, 5) is 0. The maximum absolute atomic E-state index is 0. The third-order valence-corrected chi connectivity index (χ3v) is 0. The molecule has 4 heteroatoms. The van der Waals surface area contributed by atoms with E-state index in [9.17, 15) is 0 Å². The van der Waals surface area contributed by atoms with Gasteiger partial charge in [0.25, 0.3) is 0 Å². The molecule has 4 heavy (non-hydrogen) atoms. The summed E-state index contributed by atoms with van der Waals surface area (Å²) in [5.41, 5.74) is 0. The predicted molar refractivity (Wildman–Crippen MR) is 23.2 cm³/mol. The Kier molecular flexibility index (Phi) is 146. The first kappa shape index (κ1) is 32.3. The van der Waals surface area contributed by atoms with Gasteiger partial charge in [-0.15, -0.1) is 0 Å². The van der Waals surface area contributed by atoms with Crippen molar-refractivity contribution >= 4 is 75.5 Å². The van der Waals surface area contributed by atoms with Crippen molar-refractivity contribution in [3.05, 3.63) is 0 Å². The summed E-state index contributed by atoms with van der Waals surface area (Å²) in [7, 11) is 0. The molecule has 1 nitrogen and oxygen atoms in total. The molecule has 0 aliphatic heterocycles. The van der Waals surface area contributed by atoms with Crippen LogP contribution in [-0.4, -0.2) is 81.0 Å². The van der Waals surface area contributed by atoms with Crippen LogP contribution in [-0.2, 0) is 0 Å². The predicted octanol–water partition coefficient (Wildman–Crippen LogP) is -2.50. The second-order valence-electron chi connectivity index (χ2n) is 0. The molecule has 0 bridgehead atoms. The molecule has 0 aliphatic carbocycles. The van der Waals surface area contributed by atoms with Crippen LogP contribution in [0.3, 0.4) is 0 Å². The zero-order valence-electron chi connectivity index (χ0n) is 0.908. The van der Waals surface area contributed by atoms with Crippen molar-refractivity contribution in [1.82, 2.24) is 0 Å². The van der Waals surface area contributed by atoms with E-state index in [-0.39, 0.29) is 85.7 Å². The molecule has 0 aromatic heterocycles. The fraction of sp³-hybridized carbons (Fsp3) is 0. The Morgan fingerprint density at radius 2 is 0.750 bits per heavy atom. The summed E-state index contributed by atoms with van der Waals surface area (Å²) in [5, 5.41) is 0. The standard InChI is InChI=1S/2Ca.FH.H2O.4H/h;;1H;1H2;;;;. The molecule has 0 fully saturated rings. The minimum absolute atomic E-state index is 0. The molecule has 0 rings (SSSR count). The molecule has 0 saturated carbocycles. The Balaban J connectivity index is 0. The van der Waals surface area contributed by atoms with Crippen LogP contribution in [0.4, 0.5) is 4.70 Å². The van der Waals surface area contributed by atoms with E-state index in [2.05, 4.69) is 0 Å². The minimum atomic E-state index is 0. The number of hydrogen-bond acceptors (Lipinski definition) is 0. The molecule has 0 spiro atoms. The van der Waals surface area contributed by atoms with Gasteiger partial charge in [0, 0.05) is 0 Å². The first-order chi connectivity index (χ1) is 0. The van der Waals surface area contributed by atoms with Gasteiger partial charge in [-0.05, 0) is 0 Å². The molecular formula is H7Ca2FO. The van der Waals surface area contributed by atoms with E-state index >= 15 is 0 Å². The third-order valence-electron chi connectivity index (χ3n) is 0. The quantitative estimate of drug-likeness (QED) is 0.318. The van der Waals surface area contributed by atoms with Crippen molar-refractivity contribution in [2.75, 3.05) is 0 Å². The number of rotatable bonds is 0. The Hall–Kier alpha value is 2.41. The van der Waals surface area contributed by atoms with Gasteiger partial charge in [-0.3, -0.25) is 4.70 Å². The summed E-state index contributed by atoms with van der Waals surface area (Å²) in [6, 6.07) is 0. The Bertz CT molecular complexity index is 6.00. The summed E-state index contributed by atoms with van der Waals surface area (Å²) in [6.07, 6.45) is 0. The van der Waals surface area contributed by atoms with E-state index in [0.717, 1.165) is 0 Å². The van der Waals surface area contributed by atoms with Crippen LogP contribution >= 0.6 is 0 Å². The molecule has 24 valence electrons. The van der Waals surface area contributed by atoms with Gasteiger partial charge < -0.3 is 5.48 Å². The summed E-state index contributed by atoms with van der Waals surface area (Å²) < 4.78 is 0. The average molecular weight is 122 g/mol. The molecule has 0 unspecified atom stereocenters. The SMILES string of the molecule is F.O.[CaH2].[CaH2]. The van der Waals surface area contributed by atoms with Gasteiger partial charge in [0.2, 0.25) is 0 Å². The molecule has 0 amide bonds. The van der Waals surface area contributed by atoms with Gasteiger partial charge in [-0.1, -0.05) is 0 Å². The Morgan fingerprint density at radius 1 is 0.750 bits per heavy atom. The molecule has 2 N–H and O–H groups in total. The van der Waals surface area contributed by atoms with Gasteiger partial charge in [-0.25, -0.2) is 0 Å². The fourth-order valence-corrected chi connectivity index (χ4v) is 0. The fourth-order valence-electron chi connectivity index (χ4n) is 0. The molecule has 0 atom stereocenters. The van der Waals surface area contributed by atoms with Gasteiger partial charge in [0.1, 0.15) is 0 Å². The summed E-state index contributed by atoms with van der Waals surface area (Å²) >= 11 is 0. The van der Waals surface area contributed by atoms with Gasteiger partial charge in [-0.2, -0.15) is 0 Å². The van der Waals surface area contributed by atoms with E-state index in [1.54, 1.807) is 0 Å². The van der Waals surface area contributed by atoms with E-state index in [1.807, 2.05) is 0 Å². The Labute approximate surface area is 83.8 Å². The van der Waals surface area contributed by atoms with Crippen molar-refractivity contribution in [1.29, 1.82) is 0 Å². The van der Waals surface area contributed by atoms with Gasteiger partial charge in [0.05, 0.1) is 0 Å². The van der Waals surface area contributed by atoms with Crippen molar-refractivity contribution < 1.29 is 10.2 Å². The van der Waals surface area contributed by atoms with Crippen LogP contribution in [0.1, 0.15) is 0 Å². The third kappa shape index (κ3) is 8.83. The number of hydrogen-bond donors (Lipinski definition) is 0. The van der Waals surface area contributed by atoms with Crippen LogP contribution in [0.25, 0.3) is 0 Å². The van der Waals surface area contributed by atoms with Crippen LogP contribution in [0.5, 0.6) is 0 Å². The first-order valence-corrected chi connectivity index (χ1v) is 0. The van der Waals surface area contributed by atoms with Crippen molar-refractivity contribution in [2.24, 2.45) is 0 Å². The number of halogens is 1. The Morgan fingerprint density at radius 3 is 0.750 bits per heavy atom. The zero-order chi connectivity index (χ0) is 0. The van der Waals surface area contributed by atoms with Crippen LogP contribution in [0, 0.1) is 0 Å². The van der Waals surface area contributed by atoms with Gasteiger partial charge >= 0.3 is 75.5 Å². The van der Waals surface area contributed by atoms with Crippen LogP contribution in [0.15, 0.2) is 0 Å². The van der Waals surface area contributed by atoms with Crippen molar-refractivity contribution in [3.8, 4) is 0 Å². The molecule has 0 heterocycles. The molecule has 0 saturated heterocycles. The summed E-state index contributed by atoms with van der Waals surface area (Å²) in [6.45, 7) is 0. The van der Waals surface area contributed by atoms with Crippen molar-refractivity contribution in [2.45, 2.75) is 0 Å². The van der Waals surface area contributed by atoms with Crippen molar-refractivity contribution in [3.63, 3.8) is 0 Å². The average Bonchev–Trinajstić information content (AvgIpc) is 0. The maximum atomic E-state index is 0. The van der Waals surface area contributed by atoms with E-state index in [4.69, 9.17) is 0 Å². The molecule has 0 aliphatic rings. The monoisotopic (exact) mass is 122 g/mol. The van der Waals surface area contributed by atoms with E-state index in [1.165, 1.54) is 0 Å². The van der Waals surface area contributed by atoms with Gasteiger partial charge in [0.15, 0.2) is 0 Å². The topological polar surface area (TPSA) is 31.5 Å². The first-order valence-electron chi connectivity index (χ1n) is 0. The van der Waals surface area contributed by atoms with Crippen LogP contribution < -0.4 is 0 Å². The normalized spacial score (nSPS) is 0. The second-order valence-corrected chi connectivity index (χ2v) is 0. The van der Waals surface area contributed by atoms with E-state index in [0.29, 0.717) is 0 Å². The summed E-state index contributed by atoms with van der Waals surface area (Å²) in [5.74, 6) is 0. The molecule has 0 radical (unpaired) electrons. The van der Waals surface area contributed by atoms with Crippen LogP contribution in [0.2, 0.25) is 0 Å². The molecular weight excluding hydrogens is 115 g/mol.